The molecule has 4 heteroatoms. The molecule has 0 radical (unpaired) electrons. The minimum atomic E-state index is 0. The first-order valence-electron chi connectivity index (χ1n) is 0. The SMILES string of the molecule is I.O.[KH].[Pt]. The molecule has 0 bridgehead atoms. The normalized spacial score (nSPS) is 0. The van der Waals surface area contributed by atoms with Gasteiger partial charge < -0.3 is 5.48 Å². The minimum absolute atomic E-state index is 0. The van der Waals surface area contributed by atoms with Crippen molar-refractivity contribution in [2.75, 3.05) is 0 Å². The molecule has 1 nitrogen and oxygen atoms in total. The van der Waals surface area contributed by atoms with E-state index < -0.39 is 0 Å². The van der Waals surface area contributed by atoms with Crippen LogP contribution >= 0.6 is 24.0 Å². The third-order valence-corrected chi connectivity index (χ3v) is 0. The molecule has 0 aromatic rings. The van der Waals surface area contributed by atoms with E-state index in [0.29, 0.717) is 0 Å². The summed E-state index contributed by atoms with van der Waals surface area (Å²) < 4.78 is 0. The van der Waals surface area contributed by atoms with Crippen LogP contribution in [0.4, 0.5) is 0 Å². The summed E-state index contributed by atoms with van der Waals surface area (Å²) in [6, 6.07) is 0. The van der Waals surface area contributed by atoms with Crippen LogP contribution in [0.15, 0.2) is 0 Å². The van der Waals surface area contributed by atoms with Gasteiger partial charge in [0.15, 0.2) is 0 Å². The molecule has 4 heavy (non-hydrogen) atoms. The molecule has 0 spiro atoms. The third-order valence-electron chi connectivity index (χ3n) is 0. The second-order valence-electron chi connectivity index (χ2n) is 0. The minimum Gasteiger partial charge on any atom is 0 e. The van der Waals surface area contributed by atoms with E-state index in [-0.39, 0.29) is 102 Å². The Morgan fingerprint density at radius 1 is 1.00 bits per heavy atom. The molecule has 0 amide bonds. The molecule has 0 unspecified atom stereocenters. The molecular formula is H4IKOPt. The topological polar surface area (TPSA) is 31.5 Å². The van der Waals surface area contributed by atoms with Crippen LogP contribution in [0.3, 0.4) is 0 Å². The molecule has 0 fully saturated rings. The summed E-state index contributed by atoms with van der Waals surface area (Å²) in [6.45, 7) is 0. The van der Waals surface area contributed by atoms with E-state index >= 15 is 0 Å². The van der Waals surface area contributed by atoms with Crippen molar-refractivity contribution in [3.8, 4) is 0 Å². The van der Waals surface area contributed by atoms with Crippen molar-refractivity contribution in [1.29, 1.82) is 0 Å². The molecule has 0 aromatic heterocycles. The van der Waals surface area contributed by atoms with Crippen molar-refractivity contribution in [2.45, 2.75) is 0 Å². The van der Waals surface area contributed by atoms with Crippen LogP contribution in [0.5, 0.6) is 0 Å². The molecule has 0 atom stereocenters. The average Bonchev–Trinajstić information content (AvgIpc) is 0. The van der Waals surface area contributed by atoms with Gasteiger partial charge in [0.1, 0.15) is 0 Å². The summed E-state index contributed by atoms with van der Waals surface area (Å²) >= 11 is 0. The van der Waals surface area contributed by atoms with Crippen LogP contribution in [-0.4, -0.2) is 56.9 Å². The maximum absolute atomic E-state index is 0. The molecule has 0 aliphatic carbocycles. The zero-order valence-electron chi connectivity index (χ0n) is 1.22. The van der Waals surface area contributed by atoms with Gasteiger partial charge >= 0.3 is 51.4 Å². The Morgan fingerprint density at radius 2 is 1.00 bits per heavy atom. The predicted octanol–water partition coefficient (Wildman–Crippen LogP) is -0.858. The van der Waals surface area contributed by atoms with Gasteiger partial charge in [0.05, 0.1) is 0 Å². The van der Waals surface area contributed by atoms with E-state index in [9.17, 15) is 0 Å². The number of rotatable bonds is 0. The van der Waals surface area contributed by atoms with Gasteiger partial charge in [-0.1, -0.05) is 0 Å². The Morgan fingerprint density at radius 3 is 1.00 bits per heavy atom. The summed E-state index contributed by atoms with van der Waals surface area (Å²) in [5.41, 5.74) is 0. The zero-order valence-corrected chi connectivity index (χ0v) is 5.83. The van der Waals surface area contributed by atoms with Gasteiger partial charge in [-0.25, -0.2) is 0 Å². The van der Waals surface area contributed by atoms with E-state index in [1.807, 2.05) is 0 Å². The maximum atomic E-state index is 0. The van der Waals surface area contributed by atoms with Crippen LogP contribution in [0.25, 0.3) is 0 Å². The van der Waals surface area contributed by atoms with Crippen molar-refractivity contribution in [2.24, 2.45) is 0 Å². The number of hydrogen-bond acceptors (Lipinski definition) is 0. The standard InChI is InChI=1S/HI.K.H2O.Pt.H/h1H;;1H2;;. The quantitative estimate of drug-likeness (QED) is 0.387. The van der Waals surface area contributed by atoms with Crippen molar-refractivity contribution >= 4 is 75.4 Å². The van der Waals surface area contributed by atoms with Gasteiger partial charge in [-0.15, -0.1) is 24.0 Å². The first kappa shape index (κ1) is 27.9. The van der Waals surface area contributed by atoms with Gasteiger partial charge in [0.2, 0.25) is 0 Å². The molecule has 0 saturated heterocycles. The smallest absolute Gasteiger partial charge is 0 e. The molecule has 0 aromatic carbocycles. The summed E-state index contributed by atoms with van der Waals surface area (Å²) in [7, 11) is 0. The largest absolute Gasteiger partial charge is 0 e. The van der Waals surface area contributed by atoms with Crippen LogP contribution in [0.1, 0.15) is 0 Å². The van der Waals surface area contributed by atoms with Gasteiger partial charge in [0.25, 0.3) is 0 Å². The second-order valence-corrected chi connectivity index (χ2v) is 0. The fourth-order valence-electron chi connectivity index (χ4n) is 0. The molecule has 0 aliphatic heterocycles. The average molecular weight is 381 g/mol. The Balaban J connectivity index is 0. The summed E-state index contributed by atoms with van der Waals surface area (Å²) in [5, 5.41) is 0. The van der Waals surface area contributed by atoms with E-state index in [1.165, 1.54) is 0 Å². The second kappa shape index (κ2) is 16.6. The third kappa shape index (κ3) is 8.89. The molecule has 2 N–H and O–H groups in total. The first-order valence-corrected chi connectivity index (χ1v) is 0. The Bertz CT molecular complexity index is 8.00. The van der Waals surface area contributed by atoms with E-state index in [1.54, 1.807) is 0 Å². The molecule has 0 aliphatic rings. The van der Waals surface area contributed by atoms with Crippen LogP contribution in [-0.2, 0) is 21.1 Å². The molecule has 28 valence electrons. The Hall–Kier alpha value is 3.01. The molecule has 0 saturated carbocycles. The Labute approximate surface area is 99.3 Å². The van der Waals surface area contributed by atoms with E-state index in [0.717, 1.165) is 0 Å². The summed E-state index contributed by atoms with van der Waals surface area (Å²) in [4.78, 5) is 0. The summed E-state index contributed by atoms with van der Waals surface area (Å²) in [6.07, 6.45) is 0. The van der Waals surface area contributed by atoms with Gasteiger partial charge in [-0.05, 0) is 0 Å². The summed E-state index contributed by atoms with van der Waals surface area (Å²) in [5.74, 6) is 0. The fourth-order valence-corrected chi connectivity index (χ4v) is 0. The molecule has 0 heterocycles. The van der Waals surface area contributed by atoms with Crippen molar-refractivity contribution in [1.82, 2.24) is 0 Å². The molecule has 0 rings (SSSR count). The molecular weight excluding hydrogens is 377 g/mol. The van der Waals surface area contributed by atoms with Crippen LogP contribution in [0.2, 0.25) is 0 Å². The first-order chi connectivity index (χ1) is 0. The Kier molecular flexibility index (Phi) is 116. The van der Waals surface area contributed by atoms with Crippen LogP contribution in [0, 0.1) is 0 Å². The van der Waals surface area contributed by atoms with Gasteiger partial charge in [-0.2, -0.15) is 0 Å². The maximum Gasteiger partial charge on any atom is 0 e. The fraction of sp³-hybridized carbons (Fsp3) is 0. The number of halogens is 1. The zero-order chi connectivity index (χ0) is 0. The van der Waals surface area contributed by atoms with Crippen molar-refractivity contribution in [3.05, 3.63) is 0 Å². The van der Waals surface area contributed by atoms with Gasteiger partial charge in [0, 0.05) is 21.1 Å². The van der Waals surface area contributed by atoms with E-state index in [2.05, 4.69) is 0 Å². The van der Waals surface area contributed by atoms with Crippen LogP contribution < -0.4 is 0 Å². The van der Waals surface area contributed by atoms with Gasteiger partial charge in [-0.3, -0.25) is 0 Å². The number of hydrogen-bond donors (Lipinski definition) is 0. The predicted molar refractivity (Wildman–Crippen MR) is 26.2 cm³/mol. The monoisotopic (exact) mass is 381 g/mol. The van der Waals surface area contributed by atoms with Crippen molar-refractivity contribution < 1.29 is 26.5 Å². The van der Waals surface area contributed by atoms with Crippen molar-refractivity contribution in [3.63, 3.8) is 0 Å². The van der Waals surface area contributed by atoms with E-state index in [4.69, 9.17) is 0 Å².